The van der Waals surface area contributed by atoms with E-state index in [9.17, 15) is 4.39 Å². The first-order valence-electron chi connectivity index (χ1n) is 5.57. The molecule has 1 atom stereocenters. The van der Waals surface area contributed by atoms with Gasteiger partial charge in [-0.2, -0.15) is 0 Å². The molecule has 1 aromatic rings. The maximum absolute atomic E-state index is 13.3. The number of fused-ring (bicyclic) bond motifs is 1. The molecule has 0 fully saturated rings. The van der Waals surface area contributed by atoms with Crippen LogP contribution < -0.4 is 10.6 Å². The highest BCUT2D eigenvalue weighted by atomic mass is 35.5. The molecule has 0 saturated heterocycles. The first-order valence-corrected chi connectivity index (χ1v) is 5.95. The highest BCUT2D eigenvalue weighted by Gasteiger charge is 2.19. The number of anilines is 2. The second-order valence-electron chi connectivity index (χ2n) is 4.52. The average Bonchev–Trinajstić information content (AvgIpc) is 2.41. The summed E-state index contributed by atoms with van der Waals surface area (Å²) >= 11 is 5.78. The van der Waals surface area contributed by atoms with Crippen molar-refractivity contribution in [3.8, 4) is 0 Å². The zero-order valence-corrected chi connectivity index (χ0v) is 10.2. The van der Waals surface area contributed by atoms with E-state index < -0.39 is 0 Å². The molecular weight excluding hydrogens is 227 g/mol. The summed E-state index contributed by atoms with van der Waals surface area (Å²) in [6.45, 7) is 5.20. The molecule has 1 aliphatic rings. The first-order chi connectivity index (χ1) is 7.58. The fourth-order valence-electron chi connectivity index (χ4n) is 1.95. The summed E-state index contributed by atoms with van der Waals surface area (Å²) in [4.78, 5) is 0. The minimum absolute atomic E-state index is 0.164. The van der Waals surface area contributed by atoms with Gasteiger partial charge in [0, 0.05) is 18.7 Å². The first kappa shape index (κ1) is 11.5. The van der Waals surface area contributed by atoms with Gasteiger partial charge < -0.3 is 10.6 Å². The van der Waals surface area contributed by atoms with Crippen molar-refractivity contribution in [2.24, 2.45) is 5.92 Å². The number of hydrogen-bond donors (Lipinski definition) is 2. The van der Waals surface area contributed by atoms with E-state index in [2.05, 4.69) is 24.5 Å². The van der Waals surface area contributed by atoms with Crippen LogP contribution in [0.4, 0.5) is 15.8 Å². The molecule has 2 nitrogen and oxygen atoms in total. The van der Waals surface area contributed by atoms with Gasteiger partial charge >= 0.3 is 0 Å². The number of rotatable bonds is 1. The van der Waals surface area contributed by atoms with Gasteiger partial charge in [-0.05, 0) is 18.4 Å². The van der Waals surface area contributed by atoms with Gasteiger partial charge in [0.05, 0.1) is 16.4 Å². The Kier molecular flexibility index (Phi) is 3.24. The van der Waals surface area contributed by atoms with Crippen molar-refractivity contribution in [3.05, 3.63) is 23.0 Å². The van der Waals surface area contributed by atoms with Crippen LogP contribution in [0.2, 0.25) is 5.02 Å². The summed E-state index contributed by atoms with van der Waals surface area (Å²) in [5.41, 5.74) is 1.69. The maximum Gasteiger partial charge on any atom is 0.143 e. The molecule has 0 bridgehead atoms. The molecule has 16 heavy (non-hydrogen) atoms. The molecule has 0 amide bonds. The predicted molar refractivity (Wildman–Crippen MR) is 66.8 cm³/mol. The zero-order chi connectivity index (χ0) is 11.7. The molecule has 1 aliphatic heterocycles. The molecule has 0 radical (unpaired) electrons. The second-order valence-corrected chi connectivity index (χ2v) is 4.93. The summed E-state index contributed by atoms with van der Waals surface area (Å²) in [5.74, 6) is 0.161. The van der Waals surface area contributed by atoms with E-state index in [0.29, 0.717) is 12.0 Å². The highest BCUT2D eigenvalue weighted by molar-refractivity contribution is 6.31. The fraction of sp³-hybridized carbons (Fsp3) is 0.500. The monoisotopic (exact) mass is 242 g/mol. The second kappa shape index (κ2) is 4.50. The van der Waals surface area contributed by atoms with Gasteiger partial charge in [-0.15, -0.1) is 0 Å². The molecule has 0 aliphatic carbocycles. The minimum Gasteiger partial charge on any atom is -0.383 e. The van der Waals surface area contributed by atoms with E-state index in [1.54, 1.807) is 6.07 Å². The van der Waals surface area contributed by atoms with Crippen LogP contribution in [0.25, 0.3) is 0 Å². The van der Waals surface area contributed by atoms with E-state index in [1.807, 2.05) is 0 Å². The van der Waals surface area contributed by atoms with Crippen molar-refractivity contribution in [2.45, 2.75) is 26.3 Å². The molecular formula is C12H16ClFN2. The number of hydrogen-bond acceptors (Lipinski definition) is 2. The predicted octanol–water partition coefficient (Wildman–Crippen LogP) is 3.73. The maximum atomic E-state index is 13.3. The van der Waals surface area contributed by atoms with Gasteiger partial charge in [-0.1, -0.05) is 25.4 Å². The van der Waals surface area contributed by atoms with Crippen LogP contribution >= 0.6 is 11.6 Å². The lowest BCUT2D eigenvalue weighted by molar-refractivity contribution is 0.507. The van der Waals surface area contributed by atoms with Crippen molar-refractivity contribution < 1.29 is 4.39 Å². The van der Waals surface area contributed by atoms with Crippen LogP contribution in [0.5, 0.6) is 0 Å². The summed E-state index contributed by atoms with van der Waals surface area (Å²) in [6.07, 6.45) is 1.02. The number of nitrogens with one attached hydrogen (secondary N) is 2. The third-order valence-electron chi connectivity index (χ3n) is 2.98. The molecule has 4 heteroatoms. The van der Waals surface area contributed by atoms with Gasteiger partial charge in [0.1, 0.15) is 5.82 Å². The standard InChI is InChI=1S/C12H16ClFN2/c1-7(2)10-3-4-15-11-6-9(14)8(13)5-12(11)16-10/h5-7,10,15-16H,3-4H2,1-2H3. The lowest BCUT2D eigenvalue weighted by Gasteiger charge is -2.21. The van der Waals surface area contributed by atoms with Crippen LogP contribution in [-0.4, -0.2) is 12.6 Å². The van der Waals surface area contributed by atoms with Gasteiger partial charge in [0.15, 0.2) is 0 Å². The van der Waals surface area contributed by atoms with E-state index in [1.165, 1.54) is 6.07 Å². The summed E-state index contributed by atoms with van der Waals surface area (Å²) in [7, 11) is 0. The Balaban J connectivity index is 2.33. The lowest BCUT2D eigenvalue weighted by Crippen LogP contribution is -2.25. The van der Waals surface area contributed by atoms with Crippen molar-refractivity contribution in [1.29, 1.82) is 0 Å². The van der Waals surface area contributed by atoms with E-state index >= 15 is 0 Å². The Hall–Kier alpha value is -0.960. The van der Waals surface area contributed by atoms with Gasteiger partial charge in [-0.3, -0.25) is 0 Å². The van der Waals surface area contributed by atoms with E-state index in [4.69, 9.17) is 11.6 Å². The fourth-order valence-corrected chi connectivity index (χ4v) is 2.11. The quantitative estimate of drug-likeness (QED) is 0.784. The Labute approximate surface area is 100 Å². The smallest absolute Gasteiger partial charge is 0.143 e. The third-order valence-corrected chi connectivity index (χ3v) is 3.27. The highest BCUT2D eigenvalue weighted by Crippen LogP contribution is 2.32. The summed E-state index contributed by atoms with van der Waals surface area (Å²) in [6, 6.07) is 3.50. The summed E-state index contributed by atoms with van der Waals surface area (Å²) < 4.78 is 13.3. The molecule has 88 valence electrons. The largest absolute Gasteiger partial charge is 0.383 e. The minimum atomic E-state index is -0.377. The van der Waals surface area contributed by atoms with Gasteiger partial charge in [-0.25, -0.2) is 4.39 Å². The van der Waals surface area contributed by atoms with Crippen LogP contribution in [-0.2, 0) is 0 Å². The Morgan fingerprint density at radius 1 is 1.38 bits per heavy atom. The molecule has 1 heterocycles. The Morgan fingerprint density at radius 3 is 2.81 bits per heavy atom. The number of halogens is 2. The van der Waals surface area contributed by atoms with Crippen molar-refractivity contribution in [2.75, 3.05) is 17.2 Å². The van der Waals surface area contributed by atoms with Crippen molar-refractivity contribution >= 4 is 23.0 Å². The van der Waals surface area contributed by atoms with Crippen LogP contribution in [0.3, 0.4) is 0 Å². The van der Waals surface area contributed by atoms with Crippen LogP contribution in [0.1, 0.15) is 20.3 Å². The molecule has 2 N–H and O–H groups in total. The summed E-state index contributed by atoms with van der Waals surface area (Å²) in [5, 5.41) is 6.79. The molecule has 0 saturated carbocycles. The third kappa shape index (κ3) is 2.24. The van der Waals surface area contributed by atoms with Crippen LogP contribution in [0.15, 0.2) is 12.1 Å². The molecule has 1 unspecified atom stereocenters. The molecule has 2 rings (SSSR count). The normalized spacial score (nSPS) is 19.7. The van der Waals surface area contributed by atoms with Gasteiger partial charge in [0.25, 0.3) is 0 Å². The van der Waals surface area contributed by atoms with Crippen LogP contribution in [0, 0.1) is 11.7 Å². The Morgan fingerprint density at radius 2 is 2.12 bits per heavy atom. The molecule has 0 aromatic heterocycles. The lowest BCUT2D eigenvalue weighted by atomic mass is 10.0. The SMILES string of the molecule is CC(C)C1CCNc2cc(F)c(Cl)cc2N1. The Bertz CT molecular complexity index is 393. The van der Waals surface area contributed by atoms with E-state index in [-0.39, 0.29) is 10.8 Å². The average molecular weight is 243 g/mol. The number of benzene rings is 1. The zero-order valence-electron chi connectivity index (χ0n) is 9.48. The van der Waals surface area contributed by atoms with Crippen molar-refractivity contribution in [3.63, 3.8) is 0 Å². The topological polar surface area (TPSA) is 24.1 Å². The molecule has 0 spiro atoms. The van der Waals surface area contributed by atoms with E-state index in [0.717, 1.165) is 24.3 Å². The van der Waals surface area contributed by atoms with Crippen molar-refractivity contribution in [1.82, 2.24) is 0 Å². The molecule has 1 aromatic carbocycles. The van der Waals surface area contributed by atoms with Gasteiger partial charge in [0.2, 0.25) is 0 Å².